The predicted molar refractivity (Wildman–Crippen MR) is 70.6 cm³/mol. The third kappa shape index (κ3) is 2.63. The van der Waals surface area contributed by atoms with Gasteiger partial charge in [-0.3, -0.25) is 4.79 Å². The average molecular weight is 298 g/mol. The Bertz CT molecular complexity index is 433. The van der Waals surface area contributed by atoms with Gasteiger partial charge in [-0.25, -0.2) is 0 Å². The molecule has 17 heavy (non-hydrogen) atoms. The first kappa shape index (κ1) is 12.4. The lowest BCUT2D eigenvalue weighted by molar-refractivity contribution is 0.0785. The predicted octanol–water partition coefficient (Wildman–Crippen LogP) is 2.56. The molecule has 0 aromatic heterocycles. The number of alkyl halides is 1. The molecule has 0 aliphatic carbocycles. The van der Waals surface area contributed by atoms with Gasteiger partial charge in [0.25, 0.3) is 5.91 Å². The number of phenols is 1. The summed E-state index contributed by atoms with van der Waals surface area (Å²) in [5, 5.41) is 10.7. The highest BCUT2D eigenvalue weighted by atomic mass is 79.9. The van der Waals surface area contributed by atoms with Crippen LogP contribution < -0.4 is 0 Å². The number of rotatable bonds is 2. The Labute approximate surface area is 110 Å². The minimum Gasteiger partial charge on any atom is -0.507 e. The summed E-state index contributed by atoms with van der Waals surface area (Å²) in [4.78, 5) is 14.1. The van der Waals surface area contributed by atoms with E-state index in [0.717, 1.165) is 30.4 Å². The maximum atomic E-state index is 12.2. The molecule has 4 heteroatoms. The Morgan fingerprint density at radius 1 is 1.59 bits per heavy atom. The van der Waals surface area contributed by atoms with E-state index in [-0.39, 0.29) is 11.7 Å². The SMILES string of the molecule is Cc1ccc(O)c(C(=O)N2CCC(CBr)C2)c1. The van der Waals surface area contributed by atoms with Crippen LogP contribution in [0.15, 0.2) is 18.2 Å². The van der Waals surface area contributed by atoms with Crippen LogP contribution in [0.3, 0.4) is 0 Å². The number of phenolic OH excluding ortho intramolecular Hbond substituents is 1. The molecule has 1 unspecified atom stereocenters. The summed E-state index contributed by atoms with van der Waals surface area (Å²) in [5.74, 6) is 0.545. The summed E-state index contributed by atoms with van der Waals surface area (Å²) < 4.78 is 0. The standard InChI is InChI=1S/C13H16BrNO2/c1-9-2-3-12(16)11(6-9)13(17)15-5-4-10(7-14)8-15/h2-3,6,10,16H,4-5,7-8H2,1H3. The number of nitrogens with zero attached hydrogens (tertiary/aromatic N) is 1. The normalized spacial score (nSPS) is 19.6. The fraction of sp³-hybridized carbons (Fsp3) is 0.462. The van der Waals surface area contributed by atoms with E-state index in [1.54, 1.807) is 18.2 Å². The first-order chi connectivity index (χ1) is 8.11. The molecule has 1 atom stereocenters. The first-order valence-corrected chi connectivity index (χ1v) is 6.89. The first-order valence-electron chi connectivity index (χ1n) is 5.76. The van der Waals surface area contributed by atoms with E-state index in [0.29, 0.717) is 11.5 Å². The topological polar surface area (TPSA) is 40.5 Å². The summed E-state index contributed by atoms with van der Waals surface area (Å²) in [5.41, 5.74) is 1.41. The number of carbonyl (C=O) groups excluding carboxylic acids is 1. The van der Waals surface area contributed by atoms with Gasteiger partial charge in [-0.05, 0) is 31.4 Å². The highest BCUT2D eigenvalue weighted by molar-refractivity contribution is 9.09. The molecule has 1 aromatic rings. The summed E-state index contributed by atoms with van der Waals surface area (Å²) in [6, 6.07) is 5.14. The molecule has 1 aromatic carbocycles. The van der Waals surface area contributed by atoms with Crippen LogP contribution in [0.4, 0.5) is 0 Å². The summed E-state index contributed by atoms with van der Waals surface area (Å²) in [7, 11) is 0. The number of hydrogen-bond donors (Lipinski definition) is 1. The Morgan fingerprint density at radius 2 is 2.35 bits per heavy atom. The van der Waals surface area contributed by atoms with Crippen molar-refractivity contribution in [3.8, 4) is 5.75 Å². The Hall–Kier alpha value is -1.03. The molecule has 1 amide bonds. The molecule has 1 aliphatic rings. The number of aromatic hydroxyl groups is 1. The summed E-state index contributed by atoms with van der Waals surface area (Å²) in [6.07, 6.45) is 1.03. The third-order valence-electron chi connectivity index (χ3n) is 3.17. The zero-order valence-electron chi connectivity index (χ0n) is 9.82. The van der Waals surface area contributed by atoms with Crippen LogP contribution in [0.25, 0.3) is 0 Å². The zero-order valence-corrected chi connectivity index (χ0v) is 11.4. The van der Waals surface area contributed by atoms with Crippen molar-refractivity contribution in [3.05, 3.63) is 29.3 Å². The molecule has 0 saturated carbocycles. The number of hydrogen-bond acceptors (Lipinski definition) is 2. The van der Waals surface area contributed by atoms with Gasteiger partial charge in [-0.15, -0.1) is 0 Å². The van der Waals surface area contributed by atoms with Crippen molar-refractivity contribution in [3.63, 3.8) is 0 Å². The third-order valence-corrected chi connectivity index (χ3v) is 4.09. The molecule has 0 spiro atoms. The molecular formula is C13H16BrNO2. The smallest absolute Gasteiger partial charge is 0.257 e. The van der Waals surface area contributed by atoms with E-state index in [4.69, 9.17) is 0 Å². The van der Waals surface area contributed by atoms with E-state index < -0.39 is 0 Å². The summed E-state index contributed by atoms with van der Waals surface area (Å²) >= 11 is 3.45. The lowest BCUT2D eigenvalue weighted by Crippen LogP contribution is -2.29. The minimum atomic E-state index is -0.0605. The van der Waals surface area contributed by atoms with Crippen LogP contribution in [0.1, 0.15) is 22.3 Å². The Balaban J connectivity index is 2.17. The largest absolute Gasteiger partial charge is 0.507 e. The molecule has 1 fully saturated rings. The fourth-order valence-corrected chi connectivity index (χ4v) is 2.66. The number of likely N-dealkylation sites (tertiary alicyclic amines) is 1. The van der Waals surface area contributed by atoms with Crippen LogP contribution in [-0.4, -0.2) is 34.3 Å². The lowest BCUT2D eigenvalue weighted by Gasteiger charge is -2.17. The van der Waals surface area contributed by atoms with Gasteiger partial charge in [0, 0.05) is 18.4 Å². The number of aryl methyl sites for hydroxylation is 1. The van der Waals surface area contributed by atoms with Gasteiger partial charge in [0.05, 0.1) is 5.56 Å². The number of carbonyl (C=O) groups is 1. The monoisotopic (exact) mass is 297 g/mol. The minimum absolute atomic E-state index is 0.0605. The van der Waals surface area contributed by atoms with Crippen LogP contribution in [0.2, 0.25) is 0 Å². The molecule has 0 bridgehead atoms. The molecule has 0 radical (unpaired) electrons. The van der Waals surface area contributed by atoms with Crippen molar-refractivity contribution in [1.29, 1.82) is 0 Å². The fourth-order valence-electron chi connectivity index (χ4n) is 2.13. The highest BCUT2D eigenvalue weighted by Gasteiger charge is 2.27. The van der Waals surface area contributed by atoms with Crippen molar-refractivity contribution < 1.29 is 9.90 Å². The van der Waals surface area contributed by atoms with Gasteiger partial charge >= 0.3 is 0 Å². The zero-order chi connectivity index (χ0) is 12.4. The maximum Gasteiger partial charge on any atom is 0.257 e. The molecular weight excluding hydrogens is 282 g/mol. The van der Waals surface area contributed by atoms with Gasteiger partial charge in [0.2, 0.25) is 0 Å². The molecule has 3 nitrogen and oxygen atoms in total. The van der Waals surface area contributed by atoms with Crippen LogP contribution >= 0.6 is 15.9 Å². The second-order valence-electron chi connectivity index (χ2n) is 4.58. The van der Waals surface area contributed by atoms with Crippen molar-refractivity contribution in [1.82, 2.24) is 4.90 Å². The molecule has 1 heterocycles. The van der Waals surface area contributed by atoms with Gasteiger partial charge < -0.3 is 10.0 Å². The van der Waals surface area contributed by atoms with Crippen molar-refractivity contribution >= 4 is 21.8 Å². The van der Waals surface area contributed by atoms with E-state index >= 15 is 0 Å². The maximum absolute atomic E-state index is 12.2. The second-order valence-corrected chi connectivity index (χ2v) is 5.23. The van der Waals surface area contributed by atoms with E-state index in [2.05, 4.69) is 15.9 Å². The Morgan fingerprint density at radius 3 is 3.00 bits per heavy atom. The molecule has 1 aliphatic heterocycles. The molecule has 92 valence electrons. The lowest BCUT2D eigenvalue weighted by atomic mass is 10.1. The van der Waals surface area contributed by atoms with E-state index in [1.165, 1.54) is 0 Å². The summed E-state index contributed by atoms with van der Waals surface area (Å²) in [6.45, 7) is 3.47. The molecule has 2 rings (SSSR count). The second kappa shape index (κ2) is 5.08. The van der Waals surface area contributed by atoms with Gasteiger partial charge in [-0.2, -0.15) is 0 Å². The average Bonchev–Trinajstić information content (AvgIpc) is 2.80. The van der Waals surface area contributed by atoms with E-state index in [9.17, 15) is 9.90 Å². The van der Waals surface area contributed by atoms with E-state index in [1.807, 2.05) is 11.8 Å². The van der Waals surface area contributed by atoms with Crippen molar-refractivity contribution in [2.45, 2.75) is 13.3 Å². The van der Waals surface area contributed by atoms with Crippen LogP contribution in [-0.2, 0) is 0 Å². The van der Waals surface area contributed by atoms with Gasteiger partial charge in [0.15, 0.2) is 0 Å². The number of amides is 1. The van der Waals surface area contributed by atoms with Crippen molar-refractivity contribution in [2.75, 3.05) is 18.4 Å². The molecule has 1 saturated heterocycles. The van der Waals surface area contributed by atoms with Crippen molar-refractivity contribution in [2.24, 2.45) is 5.92 Å². The number of benzene rings is 1. The van der Waals surface area contributed by atoms with Gasteiger partial charge in [0.1, 0.15) is 5.75 Å². The quantitative estimate of drug-likeness (QED) is 0.853. The van der Waals surface area contributed by atoms with Gasteiger partial charge in [-0.1, -0.05) is 27.6 Å². The molecule has 1 N–H and O–H groups in total. The number of halogens is 1. The van der Waals surface area contributed by atoms with Crippen LogP contribution in [0, 0.1) is 12.8 Å². The highest BCUT2D eigenvalue weighted by Crippen LogP contribution is 2.24. The van der Waals surface area contributed by atoms with Crippen LogP contribution in [0.5, 0.6) is 5.75 Å². The Kier molecular flexibility index (Phi) is 3.72.